The molecule has 0 aromatic heterocycles. The second-order valence-electron chi connectivity index (χ2n) is 6.57. The van der Waals surface area contributed by atoms with Crippen molar-refractivity contribution >= 4 is 5.91 Å². The maximum absolute atomic E-state index is 12.3. The number of ether oxygens (including phenoxy) is 3. The first-order chi connectivity index (χ1) is 13.7. The van der Waals surface area contributed by atoms with E-state index in [1.165, 1.54) is 0 Å². The first kappa shape index (κ1) is 17.9. The van der Waals surface area contributed by atoms with E-state index >= 15 is 0 Å². The number of methoxy groups -OCH3 is 1. The van der Waals surface area contributed by atoms with E-state index in [0.29, 0.717) is 12.1 Å². The second-order valence-corrected chi connectivity index (χ2v) is 6.57. The first-order valence-corrected chi connectivity index (χ1v) is 9.16. The predicted molar refractivity (Wildman–Crippen MR) is 106 cm³/mol. The number of para-hydroxylation sites is 1. The first-order valence-electron chi connectivity index (χ1n) is 9.16. The molecular weight excluding hydrogens is 354 g/mol. The van der Waals surface area contributed by atoms with Gasteiger partial charge in [-0.3, -0.25) is 4.79 Å². The number of fused-ring (bicyclic) bond motifs is 1. The summed E-state index contributed by atoms with van der Waals surface area (Å²) in [7, 11) is 1.60. The van der Waals surface area contributed by atoms with Crippen LogP contribution in [0.2, 0.25) is 0 Å². The summed E-state index contributed by atoms with van der Waals surface area (Å²) in [5.41, 5.74) is 1.67. The van der Waals surface area contributed by atoms with E-state index in [1.807, 2.05) is 48.5 Å². The lowest BCUT2D eigenvalue weighted by Gasteiger charge is -2.12. The molecule has 142 valence electrons. The van der Waals surface area contributed by atoms with Crippen LogP contribution in [0.1, 0.15) is 15.9 Å². The molecule has 0 fully saturated rings. The molecule has 0 saturated heterocycles. The van der Waals surface area contributed by atoms with Gasteiger partial charge in [0, 0.05) is 17.5 Å². The molecule has 1 aliphatic heterocycles. The van der Waals surface area contributed by atoms with E-state index in [1.54, 1.807) is 31.4 Å². The molecule has 0 aliphatic carbocycles. The van der Waals surface area contributed by atoms with Crippen molar-refractivity contribution in [2.45, 2.75) is 12.5 Å². The Labute approximate surface area is 163 Å². The third-order valence-corrected chi connectivity index (χ3v) is 4.59. The molecule has 1 unspecified atom stereocenters. The lowest BCUT2D eigenvalue weighted by Crippen LogP contribution is -2.34. The van der Waals surface area contributed by atoms with Gasteiger partial charge in [0.05, 0.1) is 13.7 Å². The molecular formula is C23H21NO4. The Morgan fingerprint density at radius 3 is 2.50 bits per heavy atom. The average molecular weight is 375 g/mol. The number of benzene rings is 3. The maximum Gasteiger partial charge on any atom is 0.251 e. The van der Waals surface area contributed by atoms with Crippen LogP contribution in [-0.4, -0.2) is 25.7 Å². The number of carbonyl (C=O) groups excluding carboxylic acids is 1. The zero-order chi connectivity index (χ0) is 19.3. The molecule has 4 rings (SSSR count). The molecule has 1 amide bonds. The molecule has 3 aromatic carbocycles. The Bertz CT molecular complexity index is 954. The van der Waals surface area contributed by atoms with Crippen molar-refractivity contribution in [1.82, 2.24) is 5.32 Å². The fourth-order valence-corrected chi connectivity index (χ4v) is 3.15. The average Bonchev–Trinajstić information content (AvgIpc) is 3.15. The van der Waals surface area contributed by atoms with Crippen LogP contribution in [0.3, 0.4) is 0 Å². The number of nitrogens with one attached hydrogen (secondary N) is 1. The van der Waals surface area contributed by atoms with Gasteiger partial charge in [-0.15, -0.1) is 0 Å². The number of amides is 1. The highest BCUT2D eigenvalue weighted by Crippen LogP contribution is 2.33. The summed E-state index contributed by atoms with van der Waals surface area (Å²) in [5.74, 6) is 3.00. The topological polar surface area (TPSA) is 56.8 Å². The highest BCUT2D eigenvalue weighted by Gasteiger charge is 2.24. The van der Waals surface area contributed by atoms with Crippen LogP contribution in [0.15, 0.2) is 72.8 Å². The molecule has 5 nitrogen and oxygen atoms in total. The van der Waals surface area contributed by atoms with Gasteiger partial charge in [-0.2, -0.15) is 0 Å². The second kappa shape index (κ2) is 8.05. The van der Waals surface area contributed by atoms with Gasteiger partial charge in [0.25, 0.3) is 5.91 Å². The third kappa shape index (κ3) is 4.09. The molecule has 0 bridgehead atoms. The van der Waals surface area contributed by atoms with Gasteiger partial charge in [-0.25, -0.2) is 0 Å². The summed E-state index contributed by atoms with van der Waals surface area (Å²) < 4.78 is 16.9. The normalized spacial score (nSPS) is 14.7. The Morgan fingerprint density at radius 1 is 1.00 bits per heavy atom. The Hall–Kier alpha value is -3.47. The van der Waals surface area contributed by atoms with E-state index in [2.05, 4.69) is 5.32 Å². The summed E-state index contributed by atoms with van der Waals surface area (Å²) >= 11 is 0. The summed E-state index contributed by atoms with van der Waals surface area (Å²) in [6.07, 6.45) is 0.633. The molecule has 3 aromatic rings. The molecule has 1 aliphatic rings. The Morgan fingerprint density at radius 2 is 1.75 bits per heavy atom. The standard InChI is InChI=1S/C23H21NO4/c1-26-18-9-7-16(8-10-18)23(25)24-15-21-14-17-13-20(11-12-22(17)28-21)27-19-5-3-2-4-6-19/h2-13,21H,14-15H2,1H3,(H,24,25). The Kier molecular flexibility index (Phi) is 5.15. The van der Waals surface area contributed by atoms with Gasteiger partial charge in [0.1, 0.15) is 29.1 Å². The fourth-order valence-electron chi connectivity index (χ4n) is 3.15. The largest absolute Gasteiger partial charge is 0.497 e. The highest BCUT2D eigenvalue weighted by molar-refractivity contribution is 5.94. The molecule has 0 saturated carbocycles. The van der Waals surface area contributed by atoms with Crippen LogP contribution < -0.4 is 19.5 Å². The third-order valence-electron chi connectivity index (χ3n) is 4.59. The summed E-state index contributed by atoms with van der Waals surface area (Å²) in [5, 5.41) is 2.93. The lowest BCUT2D eigenvalue weighted by atomic mass is 10.1. The van der Waals surface area contributed by atoms with Gasteiger partial charge in [0.2, 0.25) is 0 Å². The molecule has 1 atom stereocenters. The molecule has 0 radical (unpaired) electrons. The van der Waals surface area contributed by atoms with Crippen LogP contribution in [0.25, 0.3) is 0 Å². The minimum atomic E-state index is -0.129. The number of hydrogen-bond acceptors (Lipinski definition) is 4. The van der Waals surface area contributed by atoms with Crippen molar-refractivity contribution in [3.63, 3.8) is 0 Å². The molecule has 0 spiro atoms. The van der Waals surface area contributed by atoms with Crippen LogP contribution in [-0.2, 0) is 6.42 Å². The monoisotopic (exact) mass is 375 g/mol. The van der Waals surface area contributed by atoms with E-state index in [-0.39, 0.29) is 12.0 Å². The molecule has 5 heteroatoms. The van der Waals surface area contributed by atoms with E-state index < -0.39 is 0 Å². The van der Waals surface area contributed by atoms with Crippen LogP contribution in [0.4, 0.5) is 0 Å². The van der Waals surface area contributed by atoms with Crippen molar-refractivity contribution in [3.8, 4) is 23.0 Å². The van der Waals surface area contributed by atoms with E-state index in [4.69, 9.17) is 14.2 Å². The molecule has 1 N–H and O–H groups in total. The summed E-state index contributed by atoms with van der Waals surface area (Å²) in [4.78, 5) is 12.3. The van der Waals surface area contributed by atoms with Gasteiger partial charge < -0.3 is 19.5 Å². The van der Waals surface area contributed by atoms with Crippen molar-refractivity contribution in [2.24, 2.45) is 0 Å². The zero-order valence-electron chi connectivity index (χ0n) is 15.6. The van der Waals surface area contributed by atoms with Crippen molar-refractivity contribution in [2.75, 3.05) is 13.7 Å². The smallest absolute Gasteiger partial charge is 0.251 e. The fraction of sp³-hybridized carbons (Fsp3) is 0.174. The minimum Gasteiger partial charge on any atom is -0.497 e. The van der Waals surface area contributed by atoms with Crippen molar-refractivity contribution in [1.29, 1.82) is 0 Å². The highest BCUT2D eigenvalue weighted by atomic mass is 16.5. The summed E-state index contributed by atoms with van der Waals surface area (Å²) in [6, 6.07) is 22.5. The van der Waals surface area contributed by atoms with Crippen LogP contribution in [0.5, 0.6) is 23.0 Å². The van der Waals surface area contributed by atoms with Gasteiger partial charge >= 0.3 is 0 Å². The Balaban J connectivity index is 1.33. The predicted octanol–water partition coefficient (Wildman–Crippen LogP) is 4.22. The maximum atomic E-state index is 12.3. The van der Waals surface area contributed by atoms with E-state index in [0.717, 1.165) is 35.0 Å². The number of rotatable bonds is 6. The van der Waals surface area contributed by atoms with Gasteiger partial charge in [-0.05, 0) is 54.6 Å². The van der Waals surface area contributed by atoms with E-state index in [9.17, 15) is 4.79 Å². The van der Waals surface area contributed by atoms with Gasteiger partial charge in [0.15, 0.2) is 0 Å². The SMILES string of the molecule is COc1ccc(C(=O)NCC2Cc3cc(Oc4ccccc4)ccc3O2)cc1. The van der Waals surface area contributed by atoms with Crippen molar-refractivity contribution in [3.05, 3.63) is 83.9 Å². The zero-order valence-corrected chi connectivity index (χ0v) is 15.6. The molecule has 1 heterocycles. The number of carbonyl (C=O) groups is 1. The minimum absolute atomic E-state index is 0.0934. The summed E-state index contributed by atoms with van der Waals surface area (Å²) in [6.45, 7) is 0.439. The van der Waals surface area contributed by atoms with Gasteiger partial charge in [-0.1, -0.05) is 18.2 Å². The quantitative estimate of drug-likeness (QED) is 0.701. The van der Waals surface area contributed by atoms with Crippen molar-refractivity contribution < 1.29 is 19.0 Å². The lowest BCUT2D eigenvalue weighted by molar-refractivity contribution is 0.0933. The van der Waals surface area contributed by atoms with Crippen LogP contribution >= 0.6 is 0 Å². The van der Waals surface area contributed by atoms with Crippen LogP contribution in [0, 0.1) is 0 Å². The number of hydrogen-bond donors (Lipinski definition) is 1. The molecule has 28 heavy (non-hydrogen) atoms.